The SMILES string of the molecule is CCCNC(C)Cc1ccc(-c2ccnc(C)c2)cc1. The molecule has 1 heterocycles. The first-order valence-electron chi connectivity index (χ1n) is 7.44. The van der Waals surface area contributed by atoms with Crippen LogP contribution in [0.2, 0.25) is 0 Å². The zero-order valence-electron chi connectivity index (χ0n) is 12.7. The van der Waals surface area contributed by atoms with Crippen molar-refractivity contribution in [2.45, 2.75) is 39.7 Å². The highest BCUT2D eigenvalue weighted by Gasteiger charge is 2.03. The quantitative estimate of drug-likeness (QED) is 0.857. The molecule has 0 bridgehead atoms. The van der Waals surface area contributed by atoms with Crippen molar-refractivity contribution in [1.82, 2.24) is 10.3 Å². The molecule has 106 valence electrons. The molecule has 0 saturated carbocycles. The zero-order chi connectivity index (χ0) is 14.4. The van der Waals surface area contributed by atoms with Crippen molar-refractivity contribution < 1.29 is 0 Å². The summed E-state index contributed by atoms with van der Waals surface area (Å²) in [6, 6.07) is 13.6. The molecule has 0 saturated heterocycles. The average molecular weight is 268 g/mol. The van der Waals surface area contributed by atoms with Gasteiger partial charge in [0.15, 0.2) is 0 Å². The minimum Gasteiger partial charge on any atom is -0.314 e. The van der Waals surface area contributed by atoms with Gasteiger partial charge in [0, 0.05) is 17.9 Å². The molecule has 2 aromatic rings. The smallest absolute Gasteiger partial charge is 0.0378 e. The van der Waals surface area contributed by atoms with Gasteiger partial charge in [-0.15, -0.1) is 0 Å². The number of nitrogens with one attached hydrogen (secondary N) is 1. The number of aromatic nitrogens is 1. The largest absolute Gasteiger partial charge is 0.314 e. The standard InChI is InChI=1S/C18H24N2/c1-4-10-19-14(2)12-16-5-7-17(8-6-16)18-9-11-20-15(3)13-18/h5-9,11,13-14,19H,4,10,12H2,1-3H3. The molecule has 0 radical (unpaired) electrons. The summed E-state index contributed by atoms with van der Waals surface area (Å²) in [7, 11) is 0. The third kappa shape index (κ3) is 4.17. The predicted molar refractivity (Wildman–Crippen MR) is 85.9 cm³/mol. The third-order valence-corrected chi connectivity index (χ3v) is 3.47. The first kappa shape index (κ1) is 14.7. The van der Waals surface area contributed by atoms with E-state index in [-0.39, 0.29) is 0 Å². The predicted octanol–water partition coefficient (Wildman–Crippen LogP) is 3.99. The van der Waals surface area contributed by atoms with E-state index in [2.05, 4.69) is 60.5 Å². The normalized spacial score (nSPS) is 12.3. The van der Waals surface area contributed by atoms with Crippen molar-refractivity contribution in [2.75, 3.05) is 6.54 Å². The Morgan fingerprint density at radius 1 is 1.10 bits per heavy atom. The van der Waals surface area contributed by atoms with Gasteiger partial charge in [-0.1, -0.05) is 31.2 Å². The summed E-state index contributed by atoms with van der Waals surface area (Å²) in [5.74, 6) is 0. The van der Waals surface area contributed by atoms with E-state index in [1.807, 2.05) is 13.1 Å². The maximum atomic E-state index is 4.24. The van der Waals surface area contributed by atoms with Gasteiger partial charge >= 0.3 is 0 Å². The Hall–Kier alpha value is -1.67. The van der Waals surface area contributed by atoms with Gasteiger partial charge in [0.2, 0.25) is 0 Å². The Morgan fingerprint density at radius 3 is 2.50 bits per heavy atom. The lowest BCUT2D eigenvalue weighted by atomic mass is 10.0. The fourth-order valence-corrected chi connectivity index (χ4v) is 2.37. The van der Waals surface area contributed by atoms with Crippen LogP contribution in [0.4, 0.5) is 0 Å². The minimum atomic E-state index is 0.531. The van der Waals surface area contributed by atoms with Crippen molar-refractivity contribution in [3.8, 4) is 11.1 Å². The molecule has 20 heavy (non-hydrogen) atoms. The Morgan fingerprint density at radius 2 is 1.85 bits per heavy atom. The van der Waals surface area contributed by atoms with Gasteiger partial charge < -0.3 is 5.32 Å². The van der Waals surface area contributed by atoms with Crippen molar-refractivity contribution in [3.05, 3.63) is 53.9 Å². The molecule has 0 aliphatic carbocycles. The first-order valence-corrected chi connectivity index (χ1v) is 7.44. The maximum Gasteiger partial charge on any atom is 0.0378 e. The summed E-state index contributed by atoms with van der Waals surface area (Å²) in [4.78, 5) is 4.24. The number of hydrogen-bond acceptors (Lipinski definition) is 2. The van der Waals surface area contributed by atoms with Crippen LogP contribution in [-0.2, 0) is 6.42 Å². The Kier molecular flexibility index (Phi) is 5.31. The van der Waals surface area contributed by atoms with E-state index in [0.29, 0.717) is 6.04 Å². The molecule has 1 aromatic carbocycles. The van der Waals surface area contributed by atoms with Crippen LogP contribution in [-0.4, -0.2) is 17.6 Å². The van der Waals surface area contributed by atoms with E-state index in [9.17, 15) is 0 Å². The van der Waals surface area contributed by atoms with Gasteiger partial charge in [0.1, 0.15) is 0 Å². The monoisotopic (exact) mass is 268 g/mol. The van der Waals surface area contributed by atoms with Gasteiger partial charge in [-0.05, 0) is 62.1 Å². The Labute approximate surface area is 122 Å². The molecule has 2 heteroatoms. The number of hydrogen-bond donors (Lipinski definition) is 1. The fraction of sp³-hybridized carbons (Fsp3) is 0.389. The highest BCUT2D eigenvalue weighted by Crippen LogP contribution is 2.20. The molecule has 2 rings (SSSR count). The van der Waals surface area contributed by atoms with Crippen LogP contribution in [0, 0.1) is 6.92 Å². The first-order chi connectivity index (χ1) is 9.69. The van der Waals surface area contributed by atoms with Gasteiger partial charge in [0.05, 0.1) is 0 Å². The van der Waals surface area contributed by atoms with E-state index < -0.39 is 0 Å². The topological polar surface area (TPSA) is 24.9 Å². The molecular formula is C18H24N2. The van der Waals surface area contributed by atoms with Crippen molar-refractivity contribution in [2.24, 2.45) is 0 Å². The van der Waals surface area contributed by atoms with Crippen LogP contribution in [0.1, 0.15) is 31.5 Å². The number of benzene rings is 1. The van der Waals surface area contributed by atoms with E-state index in [1.54, 1.807) is 0 Å². The summed E-state index contributed by atoms with van der Waals surface area (Å²) in [6.45, 7) is 7.56. The molecule has 2 nitrogen and oxygen atoms in total. The zero-order valence-corrected chi connectivity index (χ0v) is 12.7. The lowest BCUT2D eigenvalue weighted by Crippen LogP contribution is -2.28. The van der Waals surface area contributed by atoms with Crippen molar-refractivity contribution >= 4 is 0 Å². The van der Waals surface area contributed by atoms with Gasteiger partial charge in [-0.25, -0.2) is 0 Å². The van der Waals surface area contributed by atoms with E-state index >= 15 is 0 Å². The second-order valence-corrected chi connectivity index (χ2v) is 5.44. The lowest BCUT2D eigenvalue weighted by Gasteiger charge is -2.13. The molecular weight excluding hydrogens is 244 g/mol. The molecule has 0 spiro atoms. The fourth-order valence-electron chi connectivity index (χ4n) is 2.37. The summed E-state index contributed by atoms with van der Waals surface area (Å²) in [5.41, 5.74) is 4.94. The van der Waals surface area contributed by atoms with Crippen LogP contribution in [0.5, 0.6) is 0 Å². The summed E-state index contributed by atoms with van der Waals surface area (Å²) < 4.78 is 0. The van der Waals surface area contributed by atoms with E-state index in [1.165, 1.54) is 23.1 Å². The molecule has 0 amide bonds. The summed E-state index contributed by atoms with van der Waals surface area (Å²) >= 11 is 0. The third-order valence-electron chi connectivity index (χ3n) is 3.47. The average Bonchev–Trinajstić information content (AvgIpc) is 2.46. The van der Waals surface area contributed by atoms with Gasteiger partial charge in [0.25, 0.3) is 0 Å². The van der Waals surface area contributed by atoms with Crippen LogP contribution in [0.15, 0.2) is 42.6 Å². The highest BCUT2D eigenvalue weighted by atomic mass is 14.9. The molecule has 0 aliphatic heterocycles. The van der Waals surface area contributed by atoms with Crippen LogP contribution in [0.25, 0.3) is 11.1 Å². The van der Waals surface area contributed by atoms with Crippen LogP contribution in [0.3, 0.4) is 0 Å². The molecule has 0 aliphatic rings. The Balaban J connectivity index is 2.03. The van der Waals surface area contributed by atoms with Gasteiger partial charge in [-0.2, -0.15) is 0 Å². The van der Waals surface area contributed by atoms with Crippen LogP contribution < -0.4 is 5.32 Å². The molecule has 0 fully saturated rings. The lowest BCUT2D eigenvalue weighted by molar-refractivity contribution is 0.543. The van der Waals surface area contributed by atoms with Crippen molar-refractivity contribution in [3.63, 3.8) is 0 Å². The molecule has 1 unspecified atom stereocenters. The minimum absolute atomic E-state index is 0.531. The number of nitrogens with zero attached hydrogens (tertiary/aromatic N) is 1. The van der Waals surface area contributed by atoms with Crippen molar-refractivity contribution in [1.29, 1.82) is 0 Å². The second kappa shape index (κ2) is 7.20. The number of rotatable bonds is 6. The van der Waals surface area contributed by atoms with Crippen LogP contribution >= 0.6 is 0 Å². The maximum absolute atomic E-state index is 4.24. The van der Waals surface area contributed by atoms with E-state index in [0.717, 1.165) is 18.7 Å². The molecule has 1 N–H and O–H groups in total. The molecule has 1 atom stereocenters. The van der Waals surface area contributed by atoms with E-state index in [4.69, 9.17) is 0 Å². The highest BCUT2D eigenvalue weighted by molar-refractivity contribution is 5.63. The van der Waals surface area contributed by atoms with Gasteiger partial charge in [-0.3, -0.25) is 4.98 Å². The summed E-state index contributed by atoms with van der Waals surface area (Å²) in [5, 5.41) is 3.53. The Bertz CT molecular complexity index is 531. The molecule has 1 aromatic heterocycles. The number of aryl methyl sites for hydroxylation is 1. The summed E-state index contributed by atoms with van der Waals surface area (Å²) in [6.07, 6.45) is 4.13. The second-order valence-electron chi connectivity index (χ2n) is 5.44. The number of pyridine rings is 1.